The third-order valence-corrected chi connectivity index (χ3v) is 8.75. The quantitative estimate of drug-likeness (QED) is 0.219. The SMILES string of the molecule is CCC(CC)(CC(=O)c1cnn2c1NC(c1ccccc1)CC2(C)C)c1ccc(-c2ccc(C(F)(F)F)cc2)cc1. The first-order chi connectivity index (χ1) is 19.5. The number of halogens is 3. The summed E-state index contributed by atoms with van der Waals surface area (Å²) >= 11 is 0. The Hall–Kier alpha value is -3.87. The zero-order chi connectivity index (χ0) is 29.4. The molecule has 5 rings (SSSR count). The van der Waals surface area contributed by atoms with Crippen LogP contribution in [0.4, 0.5) is 19.0 Å². The standard InChI is InChI=1S/C34H36F3N3O/c1-5-33(6-2,26-16-12-23(13-17-26)24-14-18-27(19-15-24)34(35,36)37)21-30(41)28-22-38-40-31(28)39-29(20-32(40,3)4)25-10-8-7-9-11-25/h7-19,22,29,39H,5-6,20-21H2,1-4H3. The Morgan fingerprint density at radius 1 is 0.902 bits per heavy atom. The lowest BCUT2D eigenvalue weighted by Crippen LogP contribution is -2.38. The van der Waals surface area contributed by atoms with E-state index in [2.05, 4.69) is 50.2 Å². The molecule has 1 N–H and O–H groups in total. The van der Waals surface area contributed by atoms with Gasteiger partial charge in [-0.05, 0) is 67.5 Å². The lowest BCUT2D eigenvalue weighted by atomic mass is 9.71. The van der Waals surface area contributed by atoms with Crippen molar-refractivity contribution in [2.45, 2.75) is 76.6 Å². The van der Waals surface area contributed by atoms with E-state index in [4.69, 9.17) is 0 Å². The Bertz CT molecular complexity index is 1500. The molecule has 0 fully saturated rings. The molecule has 0 spiro atoms. The lowest BCUT2D eigenvalue weighted by Gasteiger charge is -2.38. The molecule has 4 nitrogen and oxygen atoms in total. The van der Waals surface area contributed by atoms with Gasteiger partial charge < -0.3 is 5.32 Å². The zero-order valence-corrected chi connectivity index (χ0v) is 23.9. The minimum absolute atomic E-state index is 0.0405. The second-order valence-electron chi connectivity index (χ2n) is 11.7. The van der Waals surface area contributed by atoms with Crippen molar-refractivity contribution in [1.82, 2.24) is 9.78 Å². The fourth-order valence-electron chi connectivity index (χ4n) is 6.12. The van der Waals surface area contributed by atoms with Crippen molar-refractivity contribution < 1.29 is 18.0 Å². The summed E-state index contributed by atoms with van der Waals surface area (Å²) in [5.41, 5.74) is 3.06. The molecule has 1 aromatic heterocycles. The van der Waals surface area contributed by atoms with E-state index in [1.165, 1.54) is 17.7 Å². The van der Waals surface area contributed by atoms with Crippen LogP contribution in [0.15, 0.2) is 85.1 Å². The van der Waals surface area contributed by atoms with Crippen molar-refractivity contribution in [2.75, 3.05) is 5.32 Å². The molecule has 1 aliphatic rings. The number of anilines is 1. The van der Waals surface area contributed by atoms with Crippen LogP contribution in [0.25, 0.3) is 11.1 Å². The summed E-state index contributed by atoms with van der Waals surface area (Å²) in [6, 6.07) is 23.4. The van der Waals surface area contributed by atoms with Crippen molar-refractivity contribution in [2.24, 2.45) is 0 Å². The van der Waals surface area contributed by atoms with Crippen LogP contribution in [-0.2, 0) is 17.1 Å². The summed E-state index contributed by atoms with van der Waals surface area (Å²) in [6.45, 7) is 8.49. The first kappa shape index (κ1) is 28.7. The maximum Gasteiger partial charge on any atom is 0.416 e. The molecule has 0 saturated heterocycles. The summed E-state index contributed by atoms with van der Waals surface area (Å²) in [5, 5.41) is 8.25. The van der Waals surface area contributed by atoms with Gasteiger partial charge in [-0.15, -0.1) is 0 Å². The molecule has 0 radical (unpaired) electrons. The highest BCUT2D eigenvalue weighted by molar-refractivity contribution is 6.01. The van der Waals surface area contributed by atoms with E-state index in [0.717, 1.165) is 48.3 Å². The van der Waals surface area contributed by atoms with Gasteiger partial charge in [0.25, 0.3) is 0 Å². The van der Waals surface area contributed by atoms with Crippen LogP contribution < -0.4 is 5.32 Å². The van der Waals surface area contributed by atoms with Gasteiger partial charge in [0.1, 0.15) is 5.82 Å². The van der Waals surface area contributed by atoms with Crippen molar-refractivity contribution in [3.63, 3.8) is 0 Å². The van der Waals surface area contributed by atoms with Crippen molar-refractivity contribution in [3.05, 3.63) is 107 Å². The van der Waals surface area contributed by atoms with Gasteiger partial charge in [0.15, 0.2) is 5.78 Å². The van der Waals surface area contributed by atoms with Crippen LogP contribution in [0.5, 0.6) is 0 Å². The number of hydrogen-bond acceptors (Lipinski definition) is 3. The molecule has 0 aliphatic carbocycles. The molecule has 2 heterocycles. The molecule has 214 valence electrons. The topological polar surface area (TPSA) is 46.9 Å². The summed E-state index contributed by atoms with van der Waals surface area (Å²) < 4.78 is 40.9. The van der Waals surface area contributed by atoms with Crippen LogP contribution in [0.1, 0.15) is 86.5 Å². The molecule has 7 heteroatoms. The second-order valence-corrected chi connectivity index (χ2v) is 11.7. The number of fused-ring (bicyclic) bond motifs is 1. The van der Waals surface area contributed by atoms with Gasteiger partial charge in [-0.2, -0.15) is 18.3 Å². The molecule has 3 aromatic carbocycles. The monoisotopic (exact) mass is 559 g/mol. The number of carbonyl (C=O) groups is 1. The van der Waals surface area contributed by atoms with Crippen LogP contribution in [0.3, 0.4) is 0 Å². The molecule has 0 saturated carbocycles. The minimum atomic E-state index is -4.36. The van der Waals surface area contributed by atoms with E-state index in [0.29, 0.717) is 17.5 Å². The van der Waals surface area contributed by atoms with E-state index in [1.807, 2.05) is 47.1 Å². The molecule has 1 atom stereocenters. The lowest BCUT2D eigenvalue weighted by molar-refractivity contribution is -0.137. The molecule has 0 amide bonds. The van der Waals surface area contributed by atoms with Crippen LogP contribution in [-0.4, -0.2) is 15.6 Å². The number of aromatic nitrogens is 2. The predicted molar refractivity (Wildman–Crippen MR) is 157 cm³/mol. The Kier molecular flexibility index (Phi) is 7.58. The maximum absolute atomic E-state index is 14.0. The predicted octanol–water partition coefficient (Wildman–Crippen LogP) is 9.19. The largest absolute Gasteiger partial charge is 0.416 e. The maximum atomic E-state index is 14.0. The Morgan fingerprint density at radius 2 is 1.46 bits per heavy atom. The normalized spacial score (nSPS) is 16.6. The average molecular weight is 560 g/mol. The highest BCUT2D eigenvalue weighted by Gasteiger charge is 2.38. The van der Waals surface area contributed by atoms with E-state index < -0.39 is 11.7 Å². The van der Waals surface area contributed by atoms with Crippen LogP contribution in [0, 0.1) is 0 Å². The molecule has 41 heavy (non-hydrogen) atoms. The average Bonchev–Trinajstić information content (AvgIpc) is 3.41. The Labute approximate surface area is 239 Å². The molecular weight excluding hydrogens is 523 g/mol. The first-order valence-electron chi connectivity index (χ1n) is 14.2. The highest BCUT2D eigenvalue weighted by atomic mass is 19.4. The molecule has 4 aromatic rings. The highest BCUT2D eigenvalue weighted by Crippen LogP contribution is 2.42. The molecule has 1 unspecified atom stereocenters. The summed E-state index contributed by atoms with van der Waals surface area (Å²) in [5.74, 6) is 0.803. The van der Waals surface area contributed by atoms with Gasteiger partial charge in [-0.1, -0.05) is 80.6 Å². The number of nitrogens with zero attached hydrogens (tertiary/aromatic N) is 2. The second kappa shape index (κ2) is 10.8. The number of hydrogen-bond donors (Lipinski definition) is 1. The molecule has 0 bridgehead atoms. The van der Waals surface area contributed by atoms with Gasteiger partial charge in [0, 0.05) is 11.8 Å². The number of ketones is 1. The fraction of sp³-hybridized carbons (Fsp3) is 0.353. The number of carbonyl (C=O) groups excluding carboxylic acids is 1. The minimum Gasteiger partial charge on any atom is -0.363 e. The number of nitrogens with one attached hydrogen (secondary N) is 1. The van der Waals surface area contributed by atoms with Gasteiger partial charge in [0.05, 0.1) is 28.9 Å². The summed E-state index contributed by atoms with van der Waals surface area (Å²) in [6.07, 6.45) is 0.0474. The first-order valence-corrected chi connectivity index (χ1v) is 14.2. The number of benzene rings is 3. The molecule has 1 aliphatic heterocycles. The smallest absolute Gasteiger partial charge is 0.363 e. The van der Waals surface area contributed by atoms with Gasteiger partial charge in [-0.3, -0.25) is 4.79 Å². The van der Waals surface area contributed by atoms with Crippen LogP contribution in [0.2, 0.25) is 0 Å². The van der Waals surface area contributed by atoms with Crippen LogP contribution >= 0.6 is 0 Å². The third-order valence-electron chi connectivity index (χ3n) is 8.75. The van der Waals surface area contributed by atoms with E-state index in [1.54, 1.807) is 6.20 Å². The van der Waals surface area contributed by atoms with Crippen molar-refractivity contribution >= 4 is 11.6 Å². The Morgan fingerprint density at radius 3 is 2.00 bits per heavy atom. The van der Waals surface area contributed by atoms with E-state index >= 15 is 0 Å². The third kappa shape index (κ3) is 5.54. The van der Waals surface area contributed by atoms with Crippen molar-refractivity contribution in [1.29, 1.82) is 0 Å². The van der Waals surface area contributed by atoms with E-state index in [-0.39, 0.29) is 22.8 Å². The number of alkyl halides is 3. The fourth-order valence-corrected chi connectivity index (χ4v) is 6.12. The summed E-state index contributed by atoms with van der Waals surface area (Å²) in [4.78, 5) is 14.0. The number of Topliss-reactive ketones (excluding diaryl/α,β-unsaturated/α-hetero) is 1. The summed E-state index contributed by atoms with van der Waals surface area (Å²) in [7, 11) is 0. The van der Waals surface area contributed by atoms with Gasteiger partial charge in [-0.25, -0.2) is 4.68 Å². The zero-order valence-electron chi connectivity index (χ0n) is 23.9. The van der Waals surface area contributed by atoms with Gasteiger partial charge in [0.2, 0.25) is 0 Å². The van der Waals surface area contributed by atoms with Gasteiger partial charge >= 0.3 is 6.18 Å². The molecular formula is C34H36F3N3O. The Balaban J connectivity index is 1.40. The van der Waals surface area contributed by atoms with Crippen molar-refractivity contribution in [3.8, 4) is 11.1 Å². The number of rotatable bonds is 8. The van der Waals surface area contributed by atoms with E-state index in [9.17, 15) is 18.0 Å².